The van der Waals surface area contributed by atoms with Gasteiger partial charge < -0.3 is 9.47 Å². The van der Waals surface area contributed by atoms with E-state index < -0.39 is 5.54 Å². The van der Waals surface area contributed by atoms with Gasteiger partial charge in [0.15, 0.2) is 0 Å². The van der Waals surface area contributed by atoms with Gasteiger partial charge in [0.1, 0.15) is 17.0 Å². The van der Waals surface area contributed by atoms with Gasteiger partial charge >= 0.3 is 0 Å². The molecule has 0 N–H and O–H groups in total. The number of methoxy groups -OCH3 is 1. The molecule has 0 spiro atoms. The summed E-state index contributed by atoms with van der Waals surface area (Å²) in [6.45, 7) is 0.714. The first-order chi connectivity index (χ1) is 8.29. The van der Waals surface area contributed by atoms with Gasteiger partial charge in [-0.05, 0) is 25.0 Å². The van der Waals surface area contributed by atoms with E-state index in [1.54, 1.807) is 13.2 Å². The number of benzene rings is 1. The zero-order chi connectivity index (χ0) is 11.9. The second-order valence-corrected chi connectivity index (χ2v) is 4.49. The van der Waals surface area contributed by atoms with Crippen molar-refractivity contribution in [2.45, 2.75) is 24.8 Å². The van der Waals surface area contributed by atoms with Crippen molar-refractivity contribution in [3.05, 3.63) is 23.3 Å². The lowest BCUT2D eigenvalue weighted by molar-refractivity contribution is 0.355. The van der Waals surface area contributed by atoms with Crippen molar-refractivity contribution in [1.29, 1.82) is 0 Å². The van der Waals surface area contributed by atoms with Crippen molar-refractivity contribution < 1.29 is 14.3 Å². The Balaban J connectivity index is 2.12. The molecule has 0 saturated heterocycles. The first kappa shape index (κ1) is 10.4. The topological polar surface area (TPSA) is 47.9 Å². The predicted octanol–water partition coefficient (Wildman–Crippen LogP) is 1.95. The molecule has 0 unspecified atom stereocenters. The molecule has 0 atom stereocenters. The summed E-state index contributed by atoms with van der Waals surface area (Å²) in [7, 11) is 1.64. The highest BCUT2D eigenvalue weighted by Crippen LogP contribution is 2.53. The van der Waals surface area contributed by atoms with Gasteiger partial charge in [0.2, 0.25) is 6.08 Å². The summed E-state index contributed by atoms with van der Waals surface area (Å²) < 4.78 is 10.9. The Morgan fingerprint density at radius 3 is 2.94 bits per heavy atom. The average Bonchev–Trinajstić information content (AvgIpc) is 2.98. The lowest BCUT2D eigenvalue weighted by Gasteiger charge is -2.15. The standard InChI is InChI=1S/C13H13NO3/c1-16-12-6-9-2-5-17-11(9)7-10(12)13(3-4-13)14-8-15/h6-7H,2-5H2,1H3. The van der Waals surface area contributed by atoms with Crippen LogP contribution in [-0.2, 0) is 16.8 Å². The minimum atomic E-state index is -0.409. The van der Waals surface area contributed by atoms with Crippen molar-refractivity contribution in [3.8, 4) is 11.5 Å². The molecule has 88 valence electrons. The minimum Gasteiger partial charge on any atom is -0.496 e. The fourth-order valence-corrected chi connectivity index (χ4v) is 2.38. The Morgan fingerprint density at radius 1 is 1.47 bits per heavy atom. The van der Waals surface area contributed by atoms with Gasteiger partial charge in [0, 0.05) is 17.5 Å². The first-order valence-electron chi connectivity index (χ1n) is 5.72. The zero-order valence-electron chi connectivity index (χ0n) is 9.66. The average molecular weight is 231 g/mol. The number of ether oxygens (including phenoxy) is 2. The summed E-state index contributed by atoms with van der Waals surface area (Å²) in [6, 6.07) is 3.97. The van der Waals surface area contributed by atoms with Crippen LogP contribution in [0, 0.1) is 0 Å². The van der Waals surface area contributed by atoms with Crippen LogP contribution in [0.1, 0.15) is 24.0 Å². The third-order valence-electron chi connectivity index (χ3n) is 3.50. The molecule has 0 amide bonds. The number of carbonyl (C=O) groups excluding carboxylic acids is 1. The van der Waals surface area contributed by atoms with Crippen LogP contribution < -0.4 is 9.47 Å². The number of isocyanates is 1. The lowest BCUT2D eigenvalue weighted by Crippen LogP contribution is -2.05. The van der Waals surface area contributed by atoms with E-state index in [0.717, 1.165) is 41.9 Å². The van der Waals surface area contributed by atoms with E-state index in [1.807, 2.05) is 12.1 Å². The van der Waals surface area contributed by atoms with E-state index in [-0.39, 0.29) is 0 Å². The maximum atomic E-state index is 10.5. The third-order valence-corrected chi connectivity index (χ3v) is 3.50. The number of aliphatic imine (C=N–C) groups is 1. The second-order valence-electron chi connectivity index (χ2n) is 4.49. The molecular weight excluding hydrogens is 218 g/mol. The van der Waals surface area contributed by atoms with Gasteiger partial charge in [-0.25, -0.2) is 4.79 Å². The third kappa shape index (κ3) is 1.53. The molecule has 1 aliphatic heterocycles. The van der Waals surface area contributed by atoms with Gasteiger partial charge in [-0.15, -0.1) is 0 Å². The maximum absolute atomic E-state index is 10.5. The molecular formula is C13H13NO3. The SMILES string of the molecule is COc1cc2c(cc1C1(N=C=O)CC1)OCC2. The number of hydrogen-bond donors (Lipinski definition) is 0. The molecule has 1 heterocycles. The largest absolute Gasteiger partial charge is 0.496 e. The molecule has 4 nitrogen and oxygen atoms in total. The Bertz CT molecular complexity index is 514. The molecule has 0 aromatic heterocycles. The number of rotatable bonds is 3. The number of fused-ring (bicyclic) bond motifs is 1. The van der Waals surface area contributed by atoms with Crippen LogP contribution in [0.3, 0.4) is 0 Å². The van der Waals surface area contributed by atoms with E-state index in [1.165, 1.54) is 0 Å². The van der Waals surface area contributed by atoms with Crippen LogP contribution in [-0.4, -0.2) is 19.8 Å². The summed E-state index contributed by atoms with van der Waals surface area (Å²) >= 11 is 0. The van der Waals surface area contributed by atoms with E-state index in [2.05, 4.69) is 4.99 Å². The van der Waals surface area contributed by atoms with Crippen molar-refractivity contribution in [2.24, 2.45) is 4.99 Å². The molecule has 0 radical (unpaired) electrons. The monoisotopic (exact) mass is 231 g/mol. The van der Waals surface area contributed by atoms with Gasteiger partial charge in [0.25, 0.3) is 0 Å². The fourth-order valence-electron chi connectivity index (χ4n) is 2.38. The zero-order valence-corrected chi connectivity index (χ0v) is 9.66. The van der Waals surface area contributed by atoms with Crippen LogP contribution >= 0.6 is 0 Å². The van der Waals surface area contributed by atoms with Crippen LogP contribution in [0.2, 0.25) is 0 Å². The normalized spacial score (nSPS) is 18.9. The van der Waals surface area contributed by atoms with Crippen molar-refractivity contribution >= 4 is 6.08 Å². The molecule has 3 rings (SSSR count). The van der Waals surface area contributed by atoms with Gasteiger partial charge in [-0.2, -0.15) is 4.99 Å². The highest BCUT2D eigenvalue weighted by molar-refractivity contribution is 5.54. The van der Waals surface area contributed by atoms with E-state index in [9.17, 15) is 4.79 Å². The lowest BCUT2D eigenvalue weighted by atomic mass is 10.0. The van der Waals surface area contributed by atoms with Crippen molar-refractivity contribution in [2.75, 3.05) is 13.7 Å². The van der Waals surface area contributed by atoms with Crippen molar-refractivity contribution in [1.82, 2.24) is 0 Å². The quantitative estimate of drug-likeness (QED) is 0.590. The second kappa shape index (κ2) is 3.60. The molecule has 17 heavy (non-hydrogen) atoms. The Kier molecular flexibility index (Phi) is 2.20. The molecule has 1 aromatic rings. The van der Waals surface area contributed by atoms with Gasteiger partial charge in [0.05, 0.1) is 13.7 Å². The first-order valence-corrected chi connectivity index (χ1v) is 5.72. The molecule has 2 aliphatic rings. The Hall–Kier alpha value is -1.80. The van der Waals surface area contributed by atoms with E-state index in [0.29, 0.717) is 6.61 Å². The summed E-state index contributed by atoms with van der Waals surface area (Å²) in [5, 5.41) is 0. The maximum Gasteiger partial charge on any atom is 0.235 e. The number of hydrogen-bond acceptors (Lipinski definition) is 4. The summed E-state index contributed by atoms with van der Waals surface area (Å²) in [5.41, 5.74) is 1.70. The Morgan fingerprint density at radius 2 is 2.29 bits per heavy atom. The smallest absolute Gasteiger partial charge is 0.235 e. The minimum absolute atomic E-state index is 0.409. The van der Waals surface area contributed by atoms with Crippen LogP contribution in [0.4, 0.5) is 0 Å². The number of nitrogens with zero attached hydrogens (tertiary/aromatic N) is 1. The van der Waals surface area contributed by atoms with Crippen LogP contribution in [0.15, 0.2) is 17.1 Å². The Labute approximate surface area is 99.3 Å². The summed E-state index contributed by atoms with van der Waals surface area (Å²) in [6.07, 6.45) is 4.32. The molecule has 1 fully saturated rings. The summed E-state index contributed by atoms with van der Waals surface area (Å²) in [5.74, 6) is 1.69. The predicted molar refractivity (Wildman–Crippen MR) is 61.2 cm³/mol. The van der Waals surface area contributed by atoms with E-state index in [4.69, 9.17) is 9.47 Å². The van der Waals surface area contributed by atoms with Crippen LogP contribution in [0.25, 0.3) is 0 Å². The van der Waals surface area contributed by atoms with Crippen molar-refractivity contribution in [3.63, 3.8) is 0 Å². The molecule has 1 aromatic carbocycles. The fraction of sp³-hybridized carbons (Fsp3) is 0.462. The molecule has 4 heteroatoms. The highest BCUT2D eigenvalue weighted by atomic mass is 16.5. The van der Waals surface area contributed by atoms with Crippen LogP contribution in [0.5, 0.6) is 11.5 Å². The van der Waals surface area contributed by atoms with E-state index >= 15 is 0 Å². The van der Waals surface area contributed by atoms with Gasteiger partial charge in [-0.3, -0.25) is 0 Å². The summed E-state index contributed by atoms with van der Waals surface area (Å²) in [4.78, 5) is 14.4. The van der Waals surface area contributed by atoms with Gasteiger partial charge in [-0.1, -0.05) is 0 Å². The highest BCUT2D eigenvalue weighted by Gasteiger charge is 2.47. The molecule has 1 saturated carbocycles. The molecule has 0 bridgehead atoms. The molecule has 1 aliphatic carbocycles.